The third-order valence-corrected chi connectivity index (χ3v) is 4.95. The van der Waals surface area contributed by atoms with Crippen LogP contribution in [0.1, 0.15) is 36.0 Å². The molecule has 0 bridgehead atoms. The second-order valence-corrected chi connectivity index (χ2v) is 6.02. The van der Waals surface area contributed by atoms with Crippen molar-refractivity contribution in [2.45, 2.75) is 44.0 Å². The van der Waals surface area contributed by atoms with E-state index in [1.807, 2.05) is 23.9 Å². The summed E-state index contributed by atoms with van der Waals surface area (Å²) in [5, 5.41) is 13.3. The number of aryl methyl sites for hydroxylation is 1. The molecule has 1 saturated carbocycles. The summed E-state index contributed by atoms with van der Waals surface area (Å²) >= 11 is 1.98. The van der Waals surface area contributed by atoms with Crippen LogP contribution in [0.25, 0.3) is 0 Å². The van der Waals surface area contributed by atoms with Gasteiger partial charge in [-0.3, -0.25) is 0 Å². The highest BCUT2D eigenvalue weighted by atomic mass is 32.2. The summed E-state index contributed by atoms with van der Waals surface area (Å²) in [7, 11) is 0. The summed E-state index contributed by atoms with van der Waals surface area (Å²) in [5.74, 6) is 0. The monoisotopic (exact) mass is 260 g/mol. The summed E-state index contributed by atoms with van der Waals surface area (Å²) in [6.07, 6.45) is 6.18. The molecule has 0 amide bonds. The Balaban J connectivity index is 1.96. The van der Waals surface area contributed by atoms with Crippen LogP contribution in [-0.4, -0.2) is 17.5 Å². The number of nitrogens with one attached hydrogen (secondary N) is 1. The fraction of sp³-hybridized carbons (Fsp3) is 0.533. The van der Waals surface area contributed by atoms with Gasteiger partial charge in [0.05, 0.1) is 11.6 Å². The molecule has 1 aliphatic carbocycles. The highest BCUT2D eigenvalue weighted by molar-refractivity contribution is 7.99. The first-order chi connectivity index (χ1) is 8.74. The molecular formula is C15H20N2S. The standard InChI is InChI=1S/C15H20N2S/c1-11-8-12(9-16)6-7-13(11)10-17-14-4-3-5-15(14)18-2/h6-8,14-15,17H,3-5,10H2,1-2H3. The third-order valence-electron chi connectivity index (χ3n) is 3.78. The lowest BCUT2D eigenvalue weighted by Crippen LogP contribution is -2.33. The number of nitrogens with zero attached hydrogens (tertiary/aromatic N) is 1. The summed E-state index contributed by atoms with van der Waals surface area (Å²) in [6, 6.07) is 8.78. The Kier molecular flexibility index (Phi) is 4.68. The average Bonchev–Trinajstić information content (AvgIpc) is 2.84. The van der Waals surface area contributed by atoms with Crippen molar-refractivity contribution in [1.82, 2.24) is 5.32 Å². The molecule has 0 heterocycles. The van der Waals surface area contributed by atoms with Crippen LogP contribution in [0.2, 0.25) is 0 Å². The number of rotatable bonds is 4. The van der Waals surface area contributed by atoms with E-state index in [-0.39, 0.29) is 0 Å². The summed E-state index contributed by atoms with van der Waals surface area (Å²) < 4.78 is 0. The van der Waals surface area contributed by atoms with Gasteiger partial charge in [0, 0.05) is 17.8 Å². The van der Waals surface area contributed by atoms with Gasteiger partial charge in [-0.2, -0.15) is 17.0 Å². The molecule has 1 aromatic rings. The van der Waals surface area contributed by atoms with E-state index >= 15 is 0 Å². The lowest BCUT2D eigenvalue weighted by atomic mass is 10.1. The van der Waals surface area contributed by atoms with Gasteiger partial charge in [-0.1, -0.05) is 12.5 Å². The SMILES string of the molecule is CSC1CCCC1NCc1ccc(C#N)cc1C. The Morgan fingerprint density at radius 1 is 1.44 bits per heavy atom. The molecule has 2 nitrogen and oxygen atoms in total. The molecule has 2 rings (SSSR count). The quantitative estimate of drug-likeness (QED) is 0.902. The Hall–Kier alpha value is -0.980. The molecule has 1 aromatic carbocycles. The predicted octanol–water partition coefficient (Wildman–Crippen LogP) is 3.24. The minimum absolute atomic E-state index is 0.648. The first-order valence-corrected chi connectivity index (χ1v) is 7.79. The lowest BCUT2D eigenvalue weighted by molar-refractivity contribution is 0.531. The largest absolute Gasteiger partial charge is 0.309 e. The van der Waals surface area contributed by atoms with Gasteiger partial charge in [0.25, 0.3) is 0 Å². The lowest BCUT2D eigenvalue weighted by Gasteiger charge is -2.19. The second kappa shape index (κ2) is 6.26. The number of hydrogen-bond donors (Lipinski definition) is 1. The highest BCUT2D eigenvalue weighted by Crippen LogP contribution is 2.28. The molecule has 3 heteroatoms. The molecule has 18 heavy (non-hydrogen) atoms. The van der Waals surface area contributed by atoms with Crippen LogP contribution in [0, 0.1) is 18.3 Å². The van der Waals surface area contributed by atoms with E-state index in [9.17, 15) is 0 Å². The van der Waals surface area contributed by atoms with Crippen LogP contribution in [0.5, 0.6) is 0 Å². The van der Waals surface area contributed by atoms with E-state index in [0.29, 0.717) is 6.04 Å². The Labute approximate surface area is 114 Å². The van der Waals surface area contributed by atoms with E-state index in [1.54, 1.807) is 0 Å². The zero-order chi connectivity index (χ0) is 13.0. The van der Waals surface area contributed by atoms with Gasteiger partial charge in [-0.25, -0.2) is 0 Å². The van der Waals surface area contributed by atoms with Crippen molar-refractivity contribution in [1.29, 1.82) is 5.26 Å². The van der Waals surface area contributed by atoms with Gasteiger partial charge in [-0.15, -0.1) is 0 Å². The molecule has 2 atom stereocenters. The molecule has 0 spiro atoms. The summed E-state index contributed by atoms with van der Waals surface area (Å²) in [4.78, 5) is 0. The molecule has 1 N–H and O–H groups in total. The molecule has 0 aliphatic heterocycles. The van der Waals surface area contributed by atoms with Gasteiger partial charge in [0.15, 0.2) is 0 Å². The minimum Gasteiger partial charge on any atom is -0.309 e. The molecule has 0 aromatic heterocycles. The first kappa shape index (κ1) is 13.5. The number of nitriles is 1. The Morgan fingerprint density at radius 2 is 2.28 bits per heavy atom. The van der Waals surface area contributed by atoms with E-state index in [0.717, 1.165) is 17.4 Å². The van der Waals surface area contributed by atoms with Crippen molar-refractivity contribution in [2.75, 3.05) is 6.26 Å². The Morgan fingerprint density at radius 3 is 2.94 bits per heavy atom. The topological polar surface area (TPSA) is 35.8 Å². The molecule has 1 fully saturated rings. The maximum absolute atomic E-state index is 8.85. The first-order valence-electron chi connectivity index (χ1n) is 6.50. The normalized spacial score (nSPS) is 22.9. The zero-order valence-electron chi connectivity index (χ0n) is 11.1. The van der Waals surface area contributed by atoms with Crippen molar-refractivity contribution >= 4 is 11.8 Å². The highest BCUT2D eigenvalue weighted by Gasteiger charge is 2.25. The van der Waals surface area contributed by atoms with E-state index < -0.39 is 0 Å². The zero-order valence-corrected chi connectivity index (χ0v) is 11.9. The van der Waals surface area contributed by atoms with Crippen molar-refractivity contribution in [3.05, 3.63) is 34.9 Å². The van der Waals surface area contributed by atoms with E-state index in [4.69, 9.17) is 5.26 Å². The van der Waals surface area contributed by atoms with E-state index in [1.165, 1.54) is 30.4 Å². The number of benzene rings is 1. The van der Waals surface area contributed by atoms with Crippen LogP contribution < -0.4 is 5.32 Å². The maximum atomic E-state index is 8.85. The molecule has 96 valence electrons. The van der Waals surface area contributed by atoms with Crippen LogP contribution in [0.4, 0.5) is 0 Å². The van der Waals surface area contributed by atoms with Crippen molar-refractivity contribution in [2.24, 2.45) is 0 Å². The van der Waals surface area contributed by atoms with Crippen LogP contribution >= 0.6 is 11.8 Å². The fourth-order valence-corrected chi connectivity index (χ4v) is 3.61. The van der Waals surface area contributed by atoms with Crippen LogP contribution in [0.15, 0.2) is 18.2 Å². The summed E-state index contributed by atoms with van der Waals surface area (Å²) in [5.41, 5.74) is 3.26. The third kappa shape index (κ3) is 3.07. The molecule has 2 unspecified atom stereocenters. The second-order valence-electron chi connectivity index (χ2n) is 4.95. The molecule has 0 radical (unpaired) electrons. The van der Waals surface area contributed by atoms with Crippen molar-refractivity contribution in [3.63, 3.8) is 0 Å². The van der Waals surface area contributed by atoms with Gasteiger partial charge < -0.3 is 5.32 Å². The van der Waals surface area contributed by atoms with Gasteiger partial charge in [-0.05, 0) is 49.3 Å². The number of thioether (sulfide) groups is 1. The van der Waals surface area contributed by atoms with Gasteiger partial charge in [0.2, 0.25) is 0 Å². The smallest absolute Gasteiger partial charge is 0.0991 e. The van der Waals surface area contributed by atoms with Crippen molar-refractivity contribution < 1.29 is 0 Å². The maximum Gasteiger partial charge on any atom is 0.0991 e. The van der Waals surface area contributed by atoms with Crippen molar-refractivity contribution in [3.8, 4) is 6.07 Å². The fourth-order valence-electron chi connectivity index (χ4n) is 2.65. The van der Waals surface area contributed by atoms with Crippen LogP contribution in [0.3, 0.4) is 0 Å². The van der Waals surface area contributed by atoms with Gasteiger partial charge in [0.1, 0.15) is 0 Å². The summed E-state index contributed by atoms with van der Waals surface area (Å²) in [6.45, 7) is 3.00. The minimum atomic E-state index is 0.648. The van der Waals surface area contributed by atoms with Crippen LogP contribution in [-0.2, 0) is 6.54 Å². The molecule has 0 saturated heterocycles. The predicted molar refractivity (Wildman–Crippen MR) is 77.7 cm³/mol. The van der Waals surface area contributed by atoms with Gasteiger partial charge >= 0.3 is 0 Å². The molecular weight excluding hydrogens is 240 g/mol. The average molecular weight is 260 g/mol. The number of hydrogen-bond acceptors (Lipinski definition) is 3. The molecule has 1 aliphatic rings. The van der Waals surface area contributed by atoms with E-state index in [2.05, 4.69) is 30.6 Å². The Bertz CT molecular complexity index is 450.